The largest absolute Gasteiger partial charge is 0.490 e. The number of carbonyl (C=O) groups excluding carboxylic acids is 8. The SMILES string of the molecule is CC(=O)c1ccn(C(=O)N2CCC(OCc3cc(Cl)cc(Oc4ccc(Cl)cc4)c3)CC2)n1.CC(=O)c1ccn(C(=O)N2C[C@H]3CC(OCc4cccc(Cl)c4C(F)(F)F)C[C@H]3C2)n1.CC(=O)c1ccn(C(=O)N2C[C@H]3CC(Oc4cccc(-c5ccncn5)c4)C[C@H]3C2)n1.CC(=O)c1ccn(C(=O)N2C[C@H]3CC(Oc4ccccc4-n4cccn4)C[C@H]3C2)n1. The molecule has 0 radical (unpaired) electrons. The second-order valence-electron chi connectivity index (χ2n) is 32.2. The van der Waals surface area contributed by atoms with Crippen LogP contribution in [0.5, 0.6) is 23.0 Å². The average Bonchev–Trinajstić information content (AvgIpc) is 1.43. The number of nitrogens with zero attached hydrogens (tertiary/aromatic N) is 16. The van der Waals surface area contributed by atoms with Gasteiger partial charge >= 0.3 is 30.3 Å². The molecular formula is C90H90Cl3F3N16O13. The number of ketones is 4. The quantitative estimate of drug-likeness (QED) is 0.0720. The second-order valence-corrected chi connectivity index (χ2v) is 33.5. The van der Waals surface area contributed by atoms with Gasteiger partial charge in [-0.2, -0.15) is 57.4 Å². The van der Waals surface area contributed by atoms with Gasteiger partial charge in [-0.3, -0.25) is 19.2 Å². The number of Topliss-reactive ketones (excluding diaryl/α,β-unsaturated/α-hetero) is 4. The van der Waals surface area contributed by atoms with Gasteiger partial charge in [0.2, 0.25) is 0 Å². The third-order valence-corrected chi connectivity index (χ3v) is 24.3. The zero-order chi connectivity index (χ0) is 87.7. The van der Waals surface area contributed by atoms with E-state index in [1.807, 2.05) is 93.5 Å². The Morgan fingerprint density at radius 1 is 0.440 bits per heavy atom. The van der Waals surface area contributed by atoms with Gasteiger partial charge < -0.3 is 43.3 Å². The molecular weight excluding hydrogens is 1680 g/mol. The lowest BCUT2D eigenvalue weighted by Crippen LogP contribution is -2.43. The summed E-state index contributed by atoms with van der Waals surface area (Å²) in [7, 11) is 0. The van der Waals surface area contributed by atoms with E-state index in [0.29, 0.717) is 141 Å². The Morgan fingerprint density at radius 2 is 0.928 bits per heavy atom. The van der Waals surface area contributed by atoms with E-state index in [4.69, 9.17) is 58.5 Å². The van der Waals surface area contributed by atoms with Gasteiger partial charge in [0.15, 0.2) is 23.1 Å². The molecule has 7 fully saturated rings. The van der Waals surface area contributed by atoms with Gasteiger partial charge in [0, 0.05) is 139 Å². The van der Waals surface area contributed by atoms with Gasteiger partial charge in [0.25, 0.3) is 0 Å². The summed E-state index contributed by atoms with van der Waals surface area (Å²) in [6.07, 6.45) is 15.1. The topological polar surface area (TPSA) is 311 Å². The van der Waals surface area contributed by atoms with E-state index in [2.05, 4.69) is 35.5 Å². The van der Waals surface area contributed by atoms with Gasteiger partial charge in [-0.25, -0.2) is 33.8 Å². The summed E-state index contributed by atoms with van der Waals surface area (Å²) in [5.41, 5.74) is 4.00. The first-order valence-electron chi connectivity index (χ1n) is 41.2. The molecule has 650 valence electrons. The zero-order valence-corrected chi connectivity index (χ0v) is 71.0. The van der Waals surface area contributed by atoms with Crippen molar-refractivity contribution in [2.75, 3.05) is 52.4 Å². The van der Waals surface area contributed by atoms with E-state index < -0.39 is 11.7 Å². The Morgan fingerprint density at radius 3 is 1.41 bits per heavy atom. The van der Waals surface area contributed by atoms with Gasteiger partial charge in [-0.15, -0.1) is 0 Å². The summed E-state index contributed by atoms with van der Waals surface area (Å²) < 4.78 is 77.0. The monoisotopic (exact) mass is 1760 g/mol. The van der Waals surface area contributed by atoms with Crippen molar-refractivity contribution >= 4 is 82.1 Å². The van der Waals surface area contributed by atoms with E-state index >= 15 is 0 Å². The maximum Gasteiger partial charge on any atom is 0.418 e. The van der Waals surface area contributed by atoms with Gasteiger partial charge in [0.05, 0.1) is 53.9 Å². The summed E-state index contributed by atoms with van der Waals surface area (Å²) in [5.74, 6) is 4.39. The van der Waals surface area contributed by atoms with E-state index in [-0.39, 0.29) is 112 Å². The number of ether oxygens (including phenoxy) is 5. The Labute approximate surface area is 732 Å². The Bertz CT molecular complexity index is 5680. The number of hydrogen-bond acceptors (Lipinski definition) is 20. The maximum absolute atomic E-state index is 13.3. The van der Waals surface area contributed by atoms with E-state index in [0.717, 1.165) is 59.7 Å². The molecule has 0 N–H and O–H groups in total. The first-order chi connectivity index (χ1) is 60.1. The van der Waals surface area contributed by atoms with Crippen molar-refractivity contribution in [3.8, 4) is 39.9 Å². The highest BCUT2D eigenvalue weighted by Gasteiger charge is 2.47. The number of carbonyl (C=O) groups is 8. The number of likely N-dealkylation sites (tertiary alicyclic amines) is 4. The van der Waals surface area contributed by atoms with Gasteiger partial charge in [0.1, 0.15) is 57.8 Å². The molecule has 125 heavy (non-hydrogen) atoms. The van der Waals surface area contributed by atoms with Crippen LogP contribution in [0.2, 0.25) is 15.1 Å². The minimum atomic E-state index is -4.54. The minimum Gasteiger partial charge on any atom is -0.490 e. The summed E-state index contributed by atoms with van der Waals surface area (Å²) in [4.78, 5) is 112. The molecule has 0 bridgehead atoms. The molecule has 35 heteroatoms. The van der Waals surface area contributed by atoms with Crippen LogP contribution in [0.1, 0.15) is 138 Å². The third kappa shape index (κ3) is 21.6. The molecule has 29 nitrogen and oxygen atoms in total. The third-order valence-electron chi connectivity index (χ3n) is 23.5. The molecule has 3 aliphatic carbocycles. The second kappa shape index (κ2) is 38.9. The predicted molar refractivity (Wildman–Crippen MR) is 453 cm³/mol. The summed E-state index contributed by atoms with van der Waals surface area (Å²) in [6.45, 7) is 10.9. The number of halogens is 6. The highest BCUT2D eigenvalue weighted by molar-refractivity contribution is 6.31. The smallest absolute Gasteiger partial charge is 0.418 e. The lowest BCUT2D eigenvalue weighted by Gasteiger charge is -2.31. The zero-order valence-electron chi connectivity index (χ0n) is 68.7. The van der Waals surface area contributed by atoms with Crippen LogP contribution in [0.3, 0.4) is 0 Å². The number of amides is 4. The van der Waals surface area contributed by atoms with E-state index in [1.54, 1.807) is 83.1 Å². The lowest BCUT2D eigenvalue weighted by molar-refractivity contribution is -0.139. The normalized spacial score (nSPS) is 20.6. The predicted octanol–water partition coefficient (Wildman–Crippen LogP) is 16.8. The molecule has 18 rings (SSSR count). The molecule has 11 aromatic rings. The maximum atomic E-state index is 13.3. The number of piperidine rings is 1. The summed E-state index contributed by atoms with van der Waals surface area (Å²) >= 11 is 17.9. The van der Waals surface area contributed by atoms with Crippen molar-refractivity contribution in [1.82, 2.24) is 78.5 Å². The number of rotatable bonds is 18. The fourth-order valence-electron chi connectivity index (χ4n) is 17.3. The fourth-order valence-corrected chi connectivity index (χ4v) is 18.0. The van der Waals surface area contributed by atoms with Gasteiger partial charge in [-0.05, 0) is 207 Å². The highest BCUT2D eigenvalue weighted by atomic mass is 35.5. The number of para-hydroxylation sites is 2. The highest BCUT2D eigenvalue weighted by Crippen LogP contribution is 2.45. The Balaban J connectivity index is 0.000000129. The molecule has 5 aromatic carbocycles. The molecule has 9 atom stereocenters. The molecule has 3 saturated carbocycles. The molecule has 4 saturated heterocycles. The number of aromatic nitrogens is 12. The lowest BCUT2D eigenvalue weighted by atomic mass is 10.0. The number of fused-ring (bicyclic) bond motifs is 3. The van der Waals surface area contributed by atoms with E-state index in [1.165, 1.54) is 89.4 Å². The Hall–Kier alpha value is -12.2. The van der Waals surface area contributed by atoms with Crippen LogP contribution in [-0.4, -0.2) is 203 Å². The molecule has 0 spiro atoms. The fraction of sp³-hybridized carbons (Fsp3) is 0.367. The van der Waals surface area contributed by atoms with Crippen LogP contribution in [0.25, 0.3) is 16.9 Å². The average molecular weight is 1770 g/mol. The van der Waals surface area contributed by atoms with Crippen LogP contribution in [0.4, 0.5) is 32.3 Å². The van der Waals surface area contributed by atoms with Crippen LogP contribution in [-0.2, 0) is 28.9 Å². The molecule has 7 aliphatic rings. The van der Waals surface area contributed by atoms with Crippen LogP contribution in [0.15, 0.2) is 195 Å². The minimum absolute atomic E-state index is 0.0221. The summed E-state index contributed by atoms with van der Waals surface area (Å²) in [5, 5.41) is 21.4. The first kappa shape index (κ1) is 87.7. The van der Waals surface area contributed by atoms with Crippen molar-refractivity contribution in [3.63, 3.8) is 0 Å². The number of hydrogen-bond donors (Lipinski definition) is 0. The van der Waals surface area contributed by atoms with Crippen LogP contribution in [0, 0.1) is 35.5 Å². The molecule has 4 amide bonds. The van der Waals surface area contributed by atoms with Crippen molar-refractivity contribution in [2.24, 2.45) is 35.5 Å². The van der Waals surface area contributed by atoms with Crippen LogP contribution >= 0.6 is 34.8 Å². The van der Waals surface area contributed by atoms with E-state index in [9.17, 15) is 51.5 Å². The van der Waals surface area contributed by atoms with Crippen molar-refractivity contribution in [3.05, 3.63) is 250 Å². The molecule has 10 heterocycles. The van der Waals surface area contributed by atoms with Crippen molar-refractivity contribution in [2.45, 2.75) is 123 Å². The number of benzene rings is 5. The van der Waals surface area contributed by atoms with Crippen LogP contribution < -0.4 is 14.2 Å². The summed E-state index contributed by atoms with van der Waals surface area (Å²) in [6, 6.07) is 41.7. The molecule has 3 unspecified atom stereocenters. The van der Waals surface area contributed by atoms with Gasteiger partial charge in [-0.1, -0.05) is 71.2 Å². The standard InChI is InChI=1S/C24H23Cl2N3O4.C23H23N5O3.C22H23N5O3.C21H21ClF3N3O3/c1-16(30)23-8-11-29(27-23)24(31)28-9-6-20(7-10-28)32-15-17-12-19(26)14-22(13-17)33-21-4-2-18(25)3-5-21;1-15(29)21-6-8-28(26-21)23(30)27-12-17-10-20(11-18(17)13-27)31-19-4-2-3-16(9-19)22-5-7-24-14-25-22;1-15(28)19-7-10-27(24-19)22(29)25-13-16-11-18(12-17(16)14-25)30-21-6-3-2-5-20(21)26-9-4-8-23-26;1-12(29)18-5-6-28(26-18)20(30)27-9-14-7-16(8-15(14)10-27)31-11-13-3-2-4-17(22)19(13)21(23,24)25/h2-5,8,11-14,20H,6-7,9-10,15H2,1H3;2-9,14,17-18,20H,10-13H2,1H3;2-10,16-18H,11-14H2,1H3;2-6,14-16H,7-11H2,1H3/t;17-,18+,20?;16-,17+,18?;14-,15+,16?. The molecule has 6 aromatic heterocycles. The number of alkyl halides is 3. The van der Waals surface area contributed by atoms with Crippen molar-refractivity contribution in [1.29, 1.82) is 0 Å². The Kier molecular flexibility index (Phi) is 27.3. The first-order valence-corrected chi connectivity index (χ1v) is 42.3. The van der Waals surface area contributed by atoms with Crippen molar-refractivity contribution < 1.29 is 75.2 Å². The molecule has 4 aliphatic heterocycles.